The second kappa shape index (κ2) is 37.6. The molecule has 12 amide bonds. The molecule has 0 radical (unpaired) electrons. The van der Waals surface area contributed by atoms with Crippen LogP contribution in [0.5, 0.6) is 5.75 Å². The Kier molecular flexibility index (Phi) is 31.3. The number of nitrogens with one attached hydrogen (secondary N) is 11. The Morgan fingerprint density at radius 3 is 1.73 bits per heavy atom. The van der Waals surface area contributed by atoms with E-state index in [1.165, 1.54) is 17.6 Å². The van der Waals surface area contributed by atoms with Crippen molar-refractivity contribution in [2.24, 2.45) is 11.5 Å². The molecule has 0 spiro atoms. The highest BCUT2D eigenvalue weighted by molar-refractivity contribution is 6.01. The van der Waals surface area contributed by atoms with E-state index in [0.29, 0.717) is 0 Å². The van der Waals surface area contributed by atoms with Gasteiger partial charge in [0.2, 0.25) is 76.3 Å². The Balaban J connectivity index is 1.86. The van der Waals surface area contributed by atoms with Gasteiger partial charge < -0.3 is 126 Å². The quantitative estimate of drug-likeness (QED) is 0.0218. The molecule has 2 aliphatic heterocycles. The van der Waals surface area contributed by atoms with E-state index in [4.69, 9.17) is 11.5 Å². The number of hydrogen-bond donors (Lipinski definition) is 24. The molecule has 13 atom stereocenters. The number of amides is 12. The van der Waals surface area contributed by atoms with Gasteiger partial charge in [-0.25, -0.2) is 14.7 Å². The smallest absolute Gasteiger partial charge is 0.335 e. The molecule has 26 N–H and O–H groups in total. The second-order valence-electron chi connectivity index (χ2n) is 21.8. The van der Waals surface area contributed by atoms with Crippen LogP contribution >= 0.6 is 0 Å². The van der Waals surface area contributed by atoms with Gasteiger partial charge in [-0.2, -0.15) is 0 Å². The van der Waals surface area contributed by atoms with Crippen molar-refractivity contribution in [3.05, 3.63) is 28.4 Å². The number of hydrogen-bond acceptors (Lipinski definition) is 26. The van der Waals surface area contributed by atoms with Crippen molar-refractivity contribution in [3.8, 4) is 17.0 Å². The van der Waals surface area contributed by atoms with E-state index in [9.17, 15) is 133 Å². The number of anilines is 2. The molecule has 42 heteroatoms. The number of aromatic hydroxyl groups is 1. The first-order chi connectivity index (χ1) is 45.0. The van der Waals surface area contributed by atoms with Gasteiger partial charge in [0, 0.05) is 37.6 Å². The van der Waals surface area contributed by atoms with Crippen molar-refractivity contribution >= 4 is 100 Å². The summed E-state index contributed by atoms with van der Waals surface area (Å²) < 4.78 is 1.23. The molecule has 0 saturated carbocycles. The number of carboxylic acids is 3. The van der Waals surface area contributed by atoms with Gasteiger partial charge in [0.05, 0.1) is 62.3 Å². The summed E-state index contributed by atoms with van der Waals surface area (Å²) in [5.41, 5.74) is 10.1. The lowest BCUT2D eigenvalue weighted by molar-refractivity contribution is -0.167. The number of pyridine rings is 1. The van der Waals surface area contributed by atoms with Crippen LogP contribution in [0.15, 0.2) is 23.0 Å². The maximum absolute atomic E-state index is 14.4. The zero-order valence-electron chi connectivity index (χ0n) is 51.6. The Morgan fingerprint density at radius 2 is 1.18 bits per heavy atom. The summed E-state index contributed by atoms with van der Waals surface area (Å²) >= 11 is 0. The van der Waals surface area contributed by atoms with E-state index in [1.54, 1.807) is 10.6 Å². The predicted octanol–water partition coefficient (Wildman–Crippen LogP) is -10.9. The SMILES string of the molecule is CC(O)CC(=O)N(O)CCCC(NC(=O)C(CC(=O)O)NC(=O)C1CCNc2c(NC(=O)CCC(N)=O)cc3cc(O)c(=O)cc-3n21)C(=O)NC(CCN)C(=O)NC(C(=O)NCC(=O)NC(CO)C(=O)NC(CO)C(=O)NC(C(=O)NC(C(=O)O)C(C)O)C(O)C(=O)O)C(C)O. The highest BCUT2D eigenvalue weighted by Crippen LogP contribution is 2.40. The Bertz CT molecular complexity index is 3240. The highest BCUT2D eigenvalue weighted by Gasteiger charge is 2.40. The molecule has 0 bridgehead atoms. The fraction of sp³-hybridized carbons (Fsp3) is 0.556. The van der Waals surface area contributed by atoms with E-state index >= 15 is 0 Å². The third-order valence-electron chi connectivity index (χ3n) is 14.0. The van der Waals surface area contributed by atoms with Gasteiger partial charge in [0.15, 0.2) is 17.9 Å². The number of benzene rings is 1. The molecule has 0 aromatic carbocycles. The van der Waals surface area contributed by atoms with Gasteiger partial charge in [-0.15, -0.1) is 0 Å². The molecule has 1 aliphatic carbocycles. The number of aromatic nitrogens is 1. The number of aliphatic carboxylic acids is 3. The molecule has 0 fully saturated rings. The number of carboxylic acid groups (broad SMARTS) is 3. The largest absolute Gasteiger partial charge is 0.504 e. The number of nitrogens with two attached hydrogens (primary N) is 2. The molecular formula is C54H79N15O27. The summed E-state index contributed by atoms with van der Waals surface area (Å²) in [6.45, 7) is -1.56. The number of phenolic OH excluding ortho intramolecular Hbond substituents is 1. The standard InChI is InChI=1S/C54H79N15O27/c1-21(72)13-38(80)68(96)12-4-5-25(61-47(86)28(16-39(81)82)63-50(89)31-9-11-57-44-27(59-36(78)7-6-35(56)77)14-24-15-33(75)34(76)17-32(24)69(31)44)45(84)62-26(8-10-55)46(85)65-40(22(2)73)51(90)58-18-37(79)60-29(19-70)48(87)64-30(20-71)49(88)67-42(43(83)54(94)95)52(91)66-41(23(3)74)53(92)93/h14-15,17,21-23,25-26,28-31,40-43,57,70-75,83,96H,4-13,16,18-20,55H2,1-3H3,(H2,56,77)(H,58,90)(H,59,78)(H,60,79)(H,61,86)(H,62,84)(H,63,89)(H,64,87)(H,65,85)(H,66,91)(H,67,88)(H,81,82)(H,92,93)(H,94,95). The van der Waals surface area contributed by atoms with Crippen LogP contribution in [0.25, 0.3) is 11.3 Å². The first-order valence-corrected chi connectivity index (χ1v) is 29.2. The van der Waals surface area contributed by atoms with Crippen LogP contribution in [0, 0.1) is 0 Å². The van der Waals surface area contributed by atoms with Crippen LogP contribution in [-0.2, 0) is 71.9 Å². The van der Waals surface area contributed by atoms with Crippen molar-refractivity contribution in [1.29, 1.82) is 0 Å². The van der Waals surface area contributed by atoms with E-state index in [0.717, 1.165) is 26.0 Å². The number of fused-ring (bicyclic) bond motifs is 3. The molecule has 0 aromatic heterocycles. The number of hydroxylamine groups is 2. The van der Waals surface area contributed by atoms with E-state index in [2.05, 4.69) is 31.9 Å². The van der Waals surface area contributed by atoms with Crippen LogP contribution < -0.4 is 75.4 Å². The number of carbonyl (C=O) groups excluding carboxylic acids is 12. The fourth-order valence-corrected chi connectivity index (χ4v) is 9.11. The number of nitrogens with zero attached hydrogens (tertiary/aromatic N) is 2. The molecular weight excluding hydrogens is 1290 g/mol. The minimum absolute atomic E-state index is 0.00213. The predicted molar refractivity (Wildman–Crippen MR) is 320 cm³/mol. The maximum atomic E-state index is 14.4. The van der Waals surface area contributed by atoms with Gasteiger partial charge >= 0.3 is 17.9 Å². The van der Waals surface area contributed by atoms with E-state index in [1.807, 2.05) is 16.0 Å². The summed E-state index contributed by atoms with van der Waals surface area (Å²) in [4.78, 5) is 207. The van der Waals surface area contributed by atoms with Gasteiger partial charge in [-0.3, -0.25) is 72.3 Å². The molecule has 532 valence electrons. The Hall–Kier alpha value is -10.2. The molecule has 0 saturated heterocycles. The lowest BCUT2D eigenvalue weighted by Crippen LogP contribution is -2.63. The van der Waals surface area contributed by atoms with Crippen LogP contribution in [0.2, 0.25) is 0 Å². The second-order valence-corrected chi connectivity index (χ2v) is 21.8. The summed E-state index contributed by atoms with van der Waals surface area (Å²) in [6, 6.07) is -14.6. The number of phenols is 1. The van der Waals surface area contributed by atoms with Crippen molar-refractivity contribution in [2.75, 3.05) is 50.0 Å². The zero-order valence-corrected chi connectivity index (χ0v) is 51.6. The van der Waals surface area contributed by atoms with E-state index in [-0.39, 0.29) is 60.1 Å². The average molecular weight is 1370 g/mol. The summed E-state index contributed by atoms with van der Waals surface area (Å²) in [5, 5.41) is 133. The molecule has 3 aliphatic rings. The number of primary amides is 1. The third kappa shape index (κ3) is 24.0. The first kappa shape index (κ1) is 80.0. The van der Waals surface area contributed by atoms with Gasteiger partial charge in [-0.1, -0.05) is 0 Å². The summed E-state index contributed by atoms with van der Waals surface area (Å²) in [5.74, 6) is -21.1. The number of carbonyl (C=O) groups is 15. The zero-order chi connectivity index (χ0) is 72.6. The minimum Gasteiger partial charge on any atom is -0.504 e. The highest BCUT2D eigenvalue weighted by atomic mass is 16.5. The number of rotatable bonds is 39. The molecule has 2 heterocycles. The van der Waals surface area contributed by atoms with E-state index < -0.39 is 237 Å². The number of aliphatic hydroxyl groups is 6. The third-order valence-corrected chi connectivity index (χ3v) is 14.0. The monoisotopic (exact) mass is 1370 g/mol. The lowest BCUT2D eigenvalue weighted by Gasteiger charge is -2.34. The lowest BCUT2D eigenvalue weighted by atomic mass is 10.0. The molecule has 42 nitrogen and oxygen atoms in total. The molecule has 13 unspecified atom stereocenters. The Morgan fingerprint density at radius 1 is 0.635 bits per heavy atom. The van der Waals surface area contributed by atoms with Gasteiger partial charge in [0.1, 0.15) is 54.2 Å². The normalized spacial score (nSPS) is 16.2. The molecule has 3 rings (SSSR count). The molecule has 96 heavy (non-hydrogen) atoms. The van der Waals surface area contributed by atoms with Crippen molar-refractivity contribution in [3.63, 3.8) is 0 Å². The maximum Gasteiger partial charge on any atom is 0.335 e. The first-order valence-electron chi connectivity index (χ1n) is 29.2. The average Bonchev–Trinajstić information content (AvgIpc) is 0.750. The van der Waals surface area contributed by atoms with Crippen LogP contribution in [0.1, 0.15) is 78.2 Å². The van der Waals surface area contributed by atoms with Gasteiger partial charge in [0.25, 0.3) is 0 Å². The summed E-state index contributed by atoms with van der Waals surface area (Å²) in [6.07, 6.45) is -11.6. The van der Waals surface area contributed by atoms with Crippen LogP contribution in [0.4, 0.5) is 11.5 Å². The van der Waals surface area contributed by atoms with Crippen LogP contribution in [0.3, 0.4) is 0 Å². The van der Waals surface area contributed by atoms with Crippen molar-refractivity contribution < 1.29 is 128 Å². The minimum atomic E-state index is -2.79. The Labute approximate surface area is 542 Å². The fourth-order valence-electron chi connectivity index (χ4n) is 9.11. The van der Waals surface area contributed by atoms with Gasteiger partial charge in [-0.05, 0) is 65.1 Å². The van der Waals surface area contributed by atoms with Crippen molar-refractivity contribution in [1.82, 2.24) is 57.5 Å². The molecule has 0 aromatic rings. The topological polar surface area (TPSA) is 688 Å². The van der Waals surface area contributed by atoms with Crippen molar-refractivity contribution in [2.45, 2.75) is 151 Å². The number of aliphatic hydroxyl groups excluding tert-OH is 6. The van der Waals surface area contributed by atoms with Crippen LogP contribution in [-0.4, -0.2) is 267 Å². The summed E-state index contributed by atoms with van der Waals surface area (Å²) in [7, 11) is 0.